The number of carbonyl (C=O) groups excluding carboxylic acids is 1. The predicted octanol–water partition coefficient (Wildman–Crippen LogP) is 1.46. The minimum Gasteiger partial charge on any atom is -0.299 e. The Kier molecular flexibility index (Phi) is 5.08. The van der Waals surface area contributed by atoms with Crippen LogP contribution in [0.15, 0.2) is 4.79 Å². The van der Waals surface area contributed by atoms with Gasteiger partial charge < -0.3 is 0 Å². The van der Waals surface area contributed by atoms with Gasteiger partial charge in [0.25, 0.3) is 0 Å². The highest BCUT2D eigenvalue weighted by molar-refractivity contribution is 7.15. The second-order valence-electron chi connectivity index (χ2n) is 6.47. The molecule has 0 spiro atoms. The van der Waals surface area contributed by atoms with Gasteiger partial charge in [-0.1, -0.05) is 31.6 Å². The van der Waals surface area contributed by atoms with Crippen LogP contribution in [0.5, 0.6) is 0 Å². The van der Waals surface area contributed by atoms with E-state index in [9.17, 15) is 9.59 Å². The zero-order valence-electron chi connectivity index (χ0n) is 14.0. The van der Waals surface area contributed by atoms with Crippen LogP contribution in [0.25, 0.3) is 0 Å². The summed E-state index contributed by atoms with van der Waals surface area (Å²) in [5.74, 6) is 0.957. The number of fused-ring (bicyclic) bond motifs is 1. The molecule has 0 saturated carbocycles. The third kappa shape index (κ3) is 3.89. The molecule has 3 rings (SSSR count). The maximum atomic E-state index is 12.3. The number of amides is 1. The van der Waals surface area contributed by atoms with Gasteiger partial charge in [0.05, 0.1) is 0 Å². The van der Waals surface area contributed by atoms with Gasteiger partial charge in [-0.3, -0.25) is 14.7 Å². The molecule has 1 N–H and O–H groups in total. The molecule has 130 valence electrons. The number of rotatable bonds is 5. The lowest BCUT2D eigenvalue weighted by molar-refractivity contribution is -0.117. The average molecular weight is 350 g/mol. The minimum atomic E-state index is -0.308. The molecule has 1 aliphatic heterocycles. The fraction of sp³-hybridized carbons (Fsp3) is 0.667. The fourth-order valence-corrected chi connectivity index (χ4v) is 3.73. The molecule has 8 nitrogen and oxygen atoms in total. The molecule has 1 aliphatic rings. The number of carbonyl (C=O) groups is 1. The highest BCUT2D eigenvalue weighted by Gasteiger charge is 2.18. The first-order chi connectivity index (χ1) is 11.5. The second-order valence-corrected chi connectivity index (χ2v) is 7.53. The van der Waals surface area contributed by atoms with Crippen molar-refractivity contribution in [1.29, 1.82) is 0 Å². The van der Waals surface area contributed by atoms with Gasteiger partial charge >= 0.3 is 5.69 Å². The normalized spacial score (nSPS) is 14.5. The van der Waals surface area contributed by atoms with Gasteiger partial charge in [0.2, 0.25) is 11.0 Å². The van der Waals surface area contributed by atoms with Crippen molar-refractivity contribution in [3.8, 4) is 0 Å². The summed E-state index contributed by atoms with van der Waals surface area (Å²) >= 11 is 1.37. The van der Waals surface area contributed by atoms with Crippen LogP contribution in [0.3, 0.4) is 0 Å². The third-order valence-electron chi connectivity index (χ3n) is 3.87. The Labute approximate surface area is 143 Å². The van der Waals surface area contributed by atoms with E-state index >= 15 is 0 Å². The zero-order chi connectivity index (χ0) is 17.1. The minimum absolute atomic E-state index is 0.0993. The molecular weight excluding hydrogens is 328 g/mol. The molecular formula is C15H22N6O2S. The Balaban J connectivity index is 1.65. The van der Waals surface area contributed by atoms with Gasteiger partial charge in [0.15, 0.2) is 0 Å². The number of hydrogen-bond donors (Lipinski definition) is 1. The summed E-state index contributed by atoms with van der Waals surface area (Å²) < 4.78 is 2.93. The Morgan fingerprint density at radius 1 is 1.29 bits per heavy atom. The van der Waals surface area contributed by atoms with E-state index in [1.807, 2.05) is 0 Å². The van der Waals surface area contributed by atoms with Gasteiger partial charge in [-0.05, 0) is 18.8 Å². The number of hydrogen-bond acceptors (Lipinski definition) is 6. The first-order valence-corrected chi connectivity index (χ1v) is 9.13. The maximum Gasteiger partial charge on any atom is 0.346 e. The van der Waals surface area contributed by atoms with E-state index in [0.717, 1.165) is 42.9 Å². The Hall–Kier alpha value is -2.03. The maximum absolute atomic E-state index is 12.3. The van der Waals surface area contributed by atoms with Crippen molar-refractivity contribution in [3.05, 3.63) is 21.3 Å². The van der Waals surface area contributed by atoms with E-state index in [0.29, 0.717) is 17.6 Å². The van der Waals surface area contributed by atoms with Crippen molar-refractivity contribution < 1.29 is 4.79 Å². The summed E-state index contributed by atoms with van der Waals surface area (Å²) in [7, 11) is 0. The summed E-state index contributed by atoms with van der Waals surface area (Å²) in [4.78, 5) is 24.5. The lowest BCUT2D eigenvalue weighted by Gasteiger charge is -2.01. The van der Waals surface area contributed by atoms with Crippen LogP contribution >= 0.6 is 11.3 Å². The lowest BCUT2D eigenvalue weighted by atomic mass is 10.1. The molecule has 0 radical (unpaired) electrons. The van der Waals surface area contributed by atoms with Crippen molar-refractivity contribution in [2.75, 3.05) is 5.32 Å². The smallest absolute Gasteiger partial charge is 0.299 e. The monoisotopic (exact) mass is 350 g/mol. The van der Waals surface area contributed by atoms with Crippen LogP contribution in [0.2, 0.25) is 0 Å². The molecule has 0 unspecified atom stereocenters. The Morgan fingerprint density at radius 3 is 2.92 bits per heavy atom. The van der Waals surface area contributed by atoms with Crippen LogP contribution in [-0.2, 0) is 30.7 Å². The number of aromatic nitrogens is 5. The largest absolute Gasteiger partial charge is 0.346 e. The summed E-state index contributed by atoms with van der Waals surface area (Å²) in [6, 6.07) is 0. The van der Waals surface area contributed by atoms with Gasteiger partial charge in [0, 0.05) is 19.4 Å². The molecule has 0 saturated heterocycles. The number of aryl methyl sites for hydroxylation is 1. The molecule has 1 amide bonds. The molecule has 9 heteroatoms. The summed E-state index contributed by atoms with van der Waals surface area (Å²) in [6.07, 6.45) is 4.75. The van der Waals surface area contributed by atoms with E-state index in [1.165, 1.54) is 16.0 Å². The molecule has 0 fully saturated rings. The van der Waals surface area contributed by atoms with Crippen molar-refractivity contribution >= 4 is 22.4 Å². The molecule has 0 aliphatic carbocycles. The lowest BCUT2D eigenvalue weighted by Crippen LogP contribution is -2.30. The highest BCUT2D eigenvalue weighted by Crippen LogP contribution is 2.18. The predicted molar refractivity (Wildman–Crippen MR) is 91.1 cm³/mol. The first kappa shape index (κ1) is 16.8. The van der Waals surface area contributed by atoms with Crippen LogP contribution in [0.1, 0.15) is 43.9 Å². The van der Waals surface area contributed by atoms with Crippen molar-refractivity contribution in [1.82, 2.24) is 24.5 Å². The van der Waals surface area contributed by atoms with E-state index < -0.39 is 0 Å². The number of anilines is 1. The molecule has 0 bridgehead atoms. The topological polar surface area (TPSA) is 94.7 Å². The zero-order valence-corrected chi connectivity index (χ0v) is 14.8. The summed E-state index contributed by atoms with van der Waals surface area (Å²) in [6.45, 7) is 4.80. The number of nitrogens with zero attached hydrogens (tertiary/aromatic N) is 5. The number of nitrogens with one attached hydrogen (secondary N) is 1. The Bertz CT molecular complexity index is 775. The van der Waals surface area contributed by atoms with Crippen LogP contribution < -0.4 is 11.0 Å². The molecule has 3 heterocycles. The van der Waals surface area contributed by atoms with E-state index in [-0.39, 0.29) is 18.1 Å². The first-order valence-electron chi connectivity index (χ1n) is 8.31. The molecule has 0 atom stereocenters. The summed E-state index contributed by atoms with van der Waals surface area (Å²) in [5, 5.41) is 16.4. The van der Waals surface area contributed by atoms with Gasteiger partial charge in [-0.15, -0.1) is 10.2 Å². The van der Waals surface area contributed by atoms with E-state index in [4.69, 9.17) is 0 Å². The van der Waals surface area contributed by atoms with Crippen molar-refractivity contribution in [2.45, 2.75) is 59.0 Å². The SMILES string of the molecule is CC(C)Cc1nnc(NC(=O)Cn2nc3n(c2=O)CCCCC3)s1. The quantitative estimate of drug-likeness (QED) is 0.881. The van der Waals surface area contributed by atoms with Gasteiger partial charge in [-0.2, -0.15) is 5.10 Å². The molecule has 24 heavy (non-hydrogen) atoms. The molecule has 2 aromatic rings. The van der Waals surface area contributed by atoms with Gasteiger partial charge in [-0.25, -0.2) is 9.48 Å². The summed E-state index contributed by atoms with van der Waals surface area (Å²) in [5.41, 5.74) is -0.209. The van der Waals surface area contributed by atoms with Crippen LogP contribution in [0.4, 0.5) is 5.13 Å². The van der Waals surface area contributed by atoms with Crippen molar-refractivity contribution in [3.63, 3.8) is 0 Å². The third-order valence-corrected chi connectivity index (χ3v) is 4.73. The highest BCUT2D eigenvalue weighted by atomic mass is 32.1. The molecule has 2 aromatic heterocycles. The fourth-order valence-electron chi connectivity index (χ4n) is 2.76. The van der Waals surface area contributed by atoms with Crippen molar-refractivity contribution in [2.24, 2.45) is 5.92 Å². The van der Waals surface area contributed by atoms with Gasteiger partial charge in [0.1, 0.15) is 17.4 Å². The van der Waals surface area contributed by atoms with E-state index in [1.54, 1.807) is 4.57 Å². The second kappa shape index (κ2) is 7.25. The Morgan fingerprint density at radius 2 is 2.12 bits per heavy atom. The van der Waals surface area contributed by atoms with Crippen LogP contribution in [-0.4, -0.2) is 30.5 Å². The average Bonchev–Trinajstić information content (AvgIpc) is 2.95. The standard InChI is InChI=1S/C15H22N6O2S/c1-10(2)8-13-17-18-14(24-13)16-12(22)9-21-15(23)20-7-5-3-4-6-11(20)19-21/h10H,3-9H2,1-2H3,(H,16,18,22). The van der Waals surface area contributed by atoms with E-state index in [2.05, 4.69) is 34.5 Å². The van der Waals surface area contributed by atoms with Crippen LogP contribution in [0, 0.1) is 5.92 Å². The molecule has 0 aromatic carbocycles.